The van der Waals surface area contributed by atoms with Gasteiger partial charge in [0.2, 0.25) is 0 Å². The third-order valence-corrected chi connectivity index (χ3v) is 4.33. The third-order valence-electron chi connectivity index (χ3n) is 3.46. The highest BCUT2D eigenvalue weighted by Gasteiger charge is 2.13. The molecule has 2 aromatic heterocycles. The number of rotatable bonds is 8. The molecule has 0 N–H and O–H groups in total. The maximum absolute atomic E-state index is 5.69. The Morgan fingerprint density at radius 1 is 1.21 bits per heavy atom. The lowest BCUT2D eigenvalue weighted by Gasteiger charge is -2.07. The van der Waals surface area contributed by atoms with E-state index < -0.39 is 0 Å². The molecule has 6 nitrogen and oxygen atoms in total. The van der Waals surface area contributed by atoms with Crippen LogP contribution in [-0.4, -0.2) is 40.3 Å². The minimum atomic E-state index is 0.630. The van der Waals surface area contributed by atoms with Crippen molar-refractivity contribution in [3.63, 3.8) is 0 Å². The van der Waals surface area contributed by atoms with Crippen LogP contribution in [0.2, 0.25) is 0 Å². The Hall–Kier alpha value is -2.25. The van der Waals surface area contributed by atoms with Gasteiger partial charge in [-0.1, -0.05) is 17.3 Å². The first-order chi connectivity index (χ1) is 11.8. The predicted octanol–water partition coefficient (Wildman–Crippen LogP) is 3.50. The molecule has 1 aromatic carbocycles. The molecule has 0 saturated heterocycles. The van der Waals surface area contributed by atoms with E-state index in [0.29, 0.717) is 13.2 Å². The number of aromatic nitrogens is 4. The van der Waals surface area contributed by atoms with Crippen LogP contribution in [0, 0.1) is 0 Å². The topological polar surface area (TPSA) is 62.1 Å². The fraction of sp³-hybridized carbons (Fsp3) is 0.353. The average Bonchev–Trinajstić information content (AvgIpc) is 3.25. The summed E-state index contributed by atoms with van der Waals surface area (Å²) < 4.78 is 12.6. The van der Waals surface area contributed by atoms with Crippen LogP contribution in [0.25, 0.3) is 22.0 Å². The highest BCUT2D eigenvalue weighted by atomic mass is 32.1. The summed E-state index contributed by atoms with van der Waals surface area (Å²) >= 11 is 1.58. The van der Waals surface area contributed by atoms with Crippen molar-refractivity contribution in [2.45, 2.75) is 19.9 Å². The van der Waals surface area contributed by atoms with Gasteiger partial charge in [-0.15, -0.1) is 16.4 Å². The van der Waals surface area contributed by atoms with Gasteiger partial charge in [-0.05, 0) is 25.5 Å². The van der Waals surface area contributed by atoms with Crippen LogP contribution in [0.1, 0.15) is 13.3 Å². The molecule has 0 atom stereocenters. The number of hydrogen-bond acceptors (Lipinski definition) is 6. The lowest BCUT2D eigenvalue weighted by Crippen LogP contribution is -2.01. The summed E-state index contributed by atoms with van der Waals surface area (Å²) in [7, 11) is 1.70. The van der Waals surface area contributed by atoms with Gasteiger partial charge in [0.1, 0.15) is 22.1 Å². The first-order valence-electron chi connectivity index (χ1n) is 7.89. The third kappa shape index (κ3) is 3.80. The molecular formula is C17H20N4O2S. The van der Waals surface area contributed by atoms with Crippen LogP contribution in [0.15, 0.2) is 35.8 Å². The smallest absolute Gasteiger partial charge is 0.132 e. The zero-order valence-corrected chi connectivity index (χ0v) is 14.6. The Labute approximate surface area is 145 Å². The maximum atomic E-state index is 5.69. The Balaban J connectivity index is 1.79. The van der Waals surface area contributed by atoms with E-state index in [4.69, 9.17) is 14.5 Å². The molecule has 126 valence electrons. The van der Waals surface area contributed by atoms with Crippen molar-refractivity contribution in [2.24, 2.45) is 0 Å². The number of ether oxygens (including phenoxy) is 2. The van der Waals surface area contributed by atoms with Gasteiger partial charge in [0.05, 0.1) is 18.4 Å². The van der Waals surface area contributed by atoms with Crippen LogP contribution < -0.4 is 4.74 Å². The van der Waals surface area contributed by atoms with Gasteiger partial charge in [0, 0.05) is 25.6 Å². The van der Waals surface area contributed by atoms with Gasteiger partial charge in [0.25, 0.3) is 0 Å². The van der Waals surface area contributed by atoms with E-state index in [9.17, 15) is 0 Å². The number of thiazole rings is 1. The van der Waals surface area contributed by atoms with Gasteiger partial charge in [-0.3, -0.25) is 4.68 Å². The predicted molar refractivity (Wildman–Crippen MR) is 94.2 cm³/mol. The van der Waals surface area contributed by atoms with Gasteiger partial charge >= 0.3 is 0 Å². The van der Waals surface area contributed by atoms with Crippen molar-refractivity contribution >= 4 is 11.3 Å². The molecule has 0 aliphatic heterocycles. The van der Waals surface area contributed by atoms with E-state index in [0.717, 1.165) is 40.7 Å². The van der Waals surface area contributed by atoms with E-state index in [1.807, 2.05) is 47.4 Å². The van der Waals surface area contributed by atoms with Gasteiger partial charge in [-0.2, -0.15) is 0 Å². The van der Waals surface area contributed by atoms with Crippen molar-refractivity contribution in [2.75, 3.05) is 20.3 Å². The lowest BCUT2D eigenvalue weighted by molar-refractivity contribution is 0.189. The zero-order chi connectivity index (χ0) is 16.8. The molecule has 0 aliphatic carbocycles. The molecule has 0 aliphatic rings. The molecule has 0 saturated carbocycles. The lowest BCUT2D eigenvalue weighted by atomic mass is 10.2. The monoisotopic (exact) mass is 344 g/mol. The molecular weight excluding hydrogens is 324 g/mol. The van der Waals surface area contributed by atoms with E-state index in [2.05, 4.69) is 10.3 Å². The molecule has 3 rings (SSSR count). The second-order valence-corrected chi connectivity index (χ2v) is 6.04. The summed E-state index contributed by atoms with van der Waals surface area (Å²) in [5.74, 6) is 0.851. The highest BCUT2D eigenvalue weighted by molar-refractivity contribution is 7.13. The standard InChI is InChI=1S/C17H20N4O2S/c1-3-23-16-8-5-4-7-13(16)17-18-15(12-24-17)14-11-21(20-19-14)9-6-10-22-2/h4-5,7-8,11-12H,3,6,9-10H2,1-2H3. The summed E-state index contributed by atoms with van der Waals surface area (Å²) in [6, 6.07) is 7.95. The second kappa shape index (κ2) is 8.03. The number of para-hydroxylation sites is 1. The zero-order valence-electron chi connectivity index (χ0n) is 13.8. The van der Waals surface area contributed by atoms with Crippen LogP contribution in [0.3, 0.4) is 0 Å². The van der Waals surface area contributed by atoms with Crippen molar-refractivity contribution < 1.29 is 9.47 Å². The Bertz CT molecular complexity index is 784. The van der Waals surface area contributed by atoms with Gasteiger partial charge in [0.15, 0.2) is 0 Å². The minimum absolute atomic E-state index is 0.630. The van der Waals surface area contributed by atoms with Crippen LogP contribution in [0.4, 0.5) is 0 Å². The molecule has 2 heterocycles. The maximum Gasteiger partial charge on any atom is 0.132 e. The summed E-state index contributed by atoms with van der Waals surface area (Å²) in [4.78, 5) is 4.70. The molecule has 0 unspecified atom stereocenters. The van der Waals surface area contributed by atoms with Gasteiger partial charge < -0.3 is 9.47 Å². The van der Waals surface area contributed by atoms with Crippen LogP contribution >= 0.6 is 11.3 Å². The number of aryl methyl sites for hydroxylation is 1. The van der Waals surface area contributed by atoms with Crippen molar-refractivity contribution in [3.8, 4) is 27.7 Å². The van der Waals surface area contributed by atoms with Gasteiger partial charge in [-0.25, -0.2) is 4.98 Å². The Kier molecular flexibility index (Phi) is 5.55. The molecule has 24 heavy (non-hydrogen) atoms. The SMILES string of the molecule is CCOc1ccccc1-c1nc(-c2cn(CCCOC)nn2)cs1. The van der Waals surface area contributed by atoms with Crippen LogP contribution in [-0.2, 0) is 11.3 Å². The quantitative estimate of drug-likeness (QED) is 0.585. The summed E-state index contributed by atoms with van der Waals surface area (Å²) in [6.07, 6.45) is 2.83. The number of nitrogens with zero attached hydrogens (tertiary/aromatic N) is 4. The minimum Gasteiger partial charge on any atom is -0.493 e. The second-order valence-electron chi connectivity index (χ2n) is 5.18. The van der Waals surface area contributed by atoms with Crippen LogP contribution in [0.5, 0.6) is 5.75 Å². The molecule has 0 bridgehead atoms. The van der Waals surface area contributed by atoms with Crippen molar-refractivity contribution in [3.05, 3.63) is 35.8 Å². The molecule has 0 fully saturated rings. The largest absolute Gasteiger partial charge is 0.493 e. The average molecular weight is 344 g/mol. The Morgan fingerprint density at radius 2 is 2.08 bits per heavy atom. The first kappa shape index (κ1) is 16.6. The van der Waals surface area contributed by atoms with E-state index in [1.54, 1.807) is 18.4 Å². The fourth-order valence-corrected chi connectivity index (χ4v) is 3.18. The summed E-state index contributed by atoms with van der Waals surface area (Å²) in [5.41, 5.74) is 2.62. The molecule has 3 aromatic rings. The summed E-state index contributed by atoms with van der Waals surface area (Å²) in [6.45, 7) is 4.10. The molecule has 0 radical (unpaired) electrons. The van der Waals surface area contributed by atoms with E-state index in [1.165, 1.54) is 0 Å². The molecule has 7 heteroatoms. The fourth-order valence-electron chi connectivity index (χ4n) is 2.34. The number of hydrogen-bond donors (Lipinski definition) is 0. The first-order valence-corrected chi connectivity index (χ1v) is 8.77. The van der Waals surface area contributed by atoms with Crippen molar-refractivity contribution in [1.29, 1.82) is 0 Å². The number of benzene rings is 1. The summed E-state index contributed by atoms with van der Waals surface area (Å²) in [5, 5.41) is 11.3. The van der Waals surface area contributed by atoms with Crippen molar-refractivity contribution in [1.82, 2.24) is 20.0 Å². The molecule has 0 amide bonds. The Morgan fingerprint density at radius 3 is 2.92 bits per heavy atom. The molecule has 0 spiro atoms. The van der Waals surface area contributed by atoms with E-state index >= 15 is 0 Å². The van der Waals surface area contributed by atoms with E-state index in [-0.39, 0.29) is 0 Å². The number of methoxy groups -OCH3 is 1. The highest BCUT2D eigenvalue weighted by Crippen LogP contribution is 2.34. The normalized spacial score (nSPS) is 10.9.